The molecule has 1 fully saturated rings. The second-order valence-corrected chi connectivity index (χ2v) is 9.87. The first-order chi connectivity index (χ1) is 17.1. The Labute approximate surface area is 208 Å². The molecule has 4 rings (SSSR count). The van der Waals surface area contributed by atoms with Gasteiger partial charge >= 0.3 is 6.18 Å². The number of pyridine rings is 1. The van der Waals surface area contributed by atoms with Crippen LogP contribution in [0.4, 0.5) is 17.6 Å². The summed E-state index contributed by atoms with van der Waals surface area (Å²) >= 11 is 0. The van der Waals surface area contributed by atoms with E-state index in [2.05, 4.69) is 20.3 Å². The highest BCUT2D eigenvalue weighted by Gasteiger charge is 2.29. The summed E-state index contributed by atoms with van der Waals surface area (Å²) in [4.78, 5) is 19.0. The van der Waals surface area contributed by atoms with E-state index in [4.69, 9.17) is 4.74 Å². The van der Waals surface area contributed by atoms with E-state index < -0.39 is 18.7 Å². The molecular weight excluding hydrogens is 478 g/mol. The molecule has 0 spiro atoms. The zero-order chi connectivity index (χ0) is 25.7. The first-order valence-corrected chi connectivity index (χ1v) is 12.5. The van der Waals surface area contributed by atoms with Crippen molar-refractivity contribution >= 4 is 5.91 Å². The van der Waals surface area contributed by atoms with Crippen LogP contribution in [0.3, 0.4) is 0 Å². The van der Waals surface area contributed by atoms with E-state index in [9.17, 15) is 22.4 Å². The van der Waals surface area contributed by atoms with Crippen LogP contribution in [0.15, 0.2) is 18.3 Å². The lowest BCUT2D eigenvalue weighted by atomic mass is 9.84. The maximum atomic E-state index is 13.7. The van der Waals surface area contributed by atoms with Gasteiger partial charge in [-0.05, 0) is 56.6 Å². The minimum absolute atomic E-state index is 0.00174. The van der Waals surface area contributed by atoms with Crippen molar-refractivity contribution in [2.75, 3.05) is 26.2 Å². The maximum Gasteiger partial charge on any atom is 0.422 e. The zero-order valence-corrected chi connectivity index (χ0v) is 20.5. The Kier molecular flexibility index (Phi) is 8.48. The van der Waals surface area contributed by atoms with Crippen molar-refractivity contribution in [3.63, 3.8) is 0 Å². The smallest absolute Gasteiger partial charge is 0.422 e. The number of rotatable bonds is 8. The molecule has 7 nitrogen and oxygen atoms in total. The summed E-state index contributed by atoms with van der Waals surface area (Å²) in [5, 5.41) is 6.67. The topological polar surface area (TPSA) is 72.3 Å². The number of halogens is 4. The van der Waals surface area contributed by atoms with Crippen LogP contribution < -0.4 is 10.1 Å². The van der Waals surface area contributed by atoms with Crippen molar-refractivity contribution in [3.05, 3.63) is 41.1 Å². The number of aryl methyl sites for hydroxylation is 1. The number of hydrogen-bond acceptors (Lipinski definition) is 5. The summed E-state index contributed by atoms with van der Waals surface area (Å²) in [5.41, 5.74) is 2.20. The molecule has 2 aromatic heterocycles. The van der Waals surface area contributed by atoms with Gasteiger partial charge in [-0.15, -0.1) is 5.10 Å². The van der Waals surface area contributed by atoms with E-state index in [1.807, 2.05) is 6.07 Å². The number of carbonyl (C=O) groups excluding carboxylic acids is 1. The number of ether oxygens (including phenoxy) is 1. The fraction of sp³-hybridized carbons (Fsp3) is 0.640. The van der Waals surface area contributed by atoms with E-state index in [0.29, 0.717) is 17.9 Å². The monoisotopic (exact) mass is 511 g/mol. The Morgan fingerprint density at radius 2 is 1.92 bits per heavy atom. The van der Waals surface area contributed by atoms with Crippen molar-refractivity contribution < 1.29 is 27.1 Å². The highest BCUT2D eigenvalue weighted by Crippen LogP contribution is 2.28. The second kappa shape index (κ2) is 11.6. The number of nitrogens with one attached hydrogen (secondary N) is 1. The Balaban J connectivity index is 1.16. The lowest BCUT2D eigenvalue weighted by Crippen LogP contribution is -2.39. The minimum atomic E-state index is -4.38. The van der Waals surface area contributed by atoms with Gasteiger partial charge in [-0.2, -0.15) is 17.6 Å². The predicted octanol–water partition coefficient (Wildman–Crippen LogP) is 3.60. The molecule has 198 valence electrons. The molecule has 2 aromatic rings. The van der Waals surface area contributed by atoms with Crippen molar-refractivity contribution in [3.8, 4) is 5.88 Å². The standard InChI is InChI=1S/C25H33F4N5O2/c1-33-15-19(24(26)32-33)14-22(35)30-20-5-2-17(3-6-20)8-11-34-12-9-18-4-7-23(31-21(18)10-13-34)36-16-25(27,28)29/h4,7,15,17,20H,2-3,5-6,8-14,16H2,1H3,(H,30,35). The van der Waals surface area contributed by atoms with Gasteiger partial charge in [0.25, 0.3) is 0 Å². The normalized spacial score (nSPS) is 21.0. The molecule has 11 heteroatoms. The number of hydrogen-bond donors (Lipinski definition) is 1. The third-order valence-corrected chi connectivity index (χ3v) is 7.06. The van der Waals surface area contributed by atoms with E-state index in [0.717, 1.165) is 69.4 Å². The first kappa shape index (κ1) is 26.4. The second-order valence-electron chi connectivity index (χ2n) is 9.87. The lowest BCUT2D eigenvalue weighted by molar-refractivity contribution is -0.154. The molecule has 0 unspecified atom stereocenters. The molecule has 1 amide bonds. The Bertz CT molecular complexity index is 1030. The average molecular weight is 512 g/mol. The van der Waals surface area contributed by atoms with E-state index in [1.165, 1.54) is 16.9 Å². The fourth-order valence-electron chi connectivity index (χ4n) is 5.11. The SMILES string of the molecule is Cn1cc(CC(=O)NC2CCC(CCN3CCc4ccc(OCC(F)(F)F)nc4CC3)CC2)c(F)n1. The molecule has 0 radical (unpaired) electrons. The van der Waals surface area contributed by atoms with Crippen LogP contribution in [-0.2, 0) is 31.1 Å². The highest BCUT2D eigenvalue weighted by molar-refractivity contribution is 5.78. The molecule has 36 heavy (non-hydrogen) atoms. The number of nitrogens with zero attached hydrogens (tertiary/aromatic N) is 4. The van der Waals surface area contributed by atoms with E-state index in [1.54, 1.807) is 7.05 Å². The fourth-order valence-corrected chi connectivity index (χ4v) is 5.11. The molecule has 0 bridgehead atoms. The van der Waals surface area contributed by atoms with Crippen molar-refractivity contribution in [2.24, 2.45) is 13.0 Å². The molecule has 1 aliphatic carbocycles. The molecule has 1 aliphatic heterocycles. The summed E-state index contributed by atoms with van der Waals surface area (Å²) < 4.78 is 57.1. The quantitative estimate of drug-likeness (QED) is 0.549. The van der Waals surface area contributed by atoms with E-state index >= 15 is 0 Å². The highest BCUT2D eigenvalue weighted by atomic mass is 19.4. The largest absolute Gasteiger partial charge is 0.468 e. The Morgan fingerprint density at radius 1 is 1.17 bits per heavy atom. The molecule has 0 saturated heterocycles. The van der Waals surface area contributed by atoms with E-state index in [-0.39, 0.29) is 24.2 Å². The van der Waals surface area contributed by atoms with Gasteiger partial charge < -0.3 is 15.0 Å². The minimum Gasteiger partial charge on any atom is -0.468 e. The van der Waals surface area contributed by atoms with Gasteiger partial charge in [0.2, 0.25) is 17.7 Å². The number of alkyl halides is 3. The molecular formula is C25H33F4N5O2. The average Bonchev–Trinajstić information content (AvgIpc) is 3.01. The van der Waals surface area contributed by atoms with Gasteiger partial charge in [0.1, 0.15) is 0 Å². The summed E-state index contributed by atoms with van der Waals surface area (Å²) in [5.74, 6) is -0.150. The van der Waals surface area contributed by atoms with Crippen LogP contribution in [0.1, 0.15) is 48.9 Å². The predicted molar refractivity (Wildman–Crippen MR) is 125 cm³/mol. The number of amides is 1. The summed E-state index contributed by atoms with van der Waals surface area (Å²) in [6.07, 6.45) is 3.66. The third kappa shape index (κ3) is 7.65. The molecule has 3 heterocycles. The molecule has 0 atom stereocenters. The van der Waals surface area contributed by atoms with Crippen molar-refractivity contribution in [2.45, 2.75) is 63.6 Å². The molecule has 1 N–H and O–H groups in total. The van der Waals surface area contributed by atoms with Gasteiger partial charge in [-0.1, -0.05) is 6.07 Å². The first-order valence-electron chi connectivity index (χ1n) is 12.5. The summed E-state index contributed by atoms with van der Waals surface area (Å²) in [7, 11) is 1.63. The van der Waals surface area contributed by atoms with Crippen LogP contribution >= 0.6 is 0 Å². The molecule has 2 aliphatic rings. The molecule has 1 saturated carbocycles. The Morgan fingerprint density at radius 3 is 2.61 bits per heavy atom. The van der Waals surface area contributed by atoms with Crippen LogP contribution in [-0.4, -0.2) is 64.0 Å². The van der Waals surface area contributed by atoms with Gasteiger partial charge in [-0.3, -0.25) is 9.48 Å². The lowest BCUT2D eigenvalue weighted by Gasteiger charge is -2.30. The van der Waals surface area contributed by atoms with Crippen LogP contribution in [0.5, 0.6) is 5.88 Å². The zero-order valence-electron chi connectivity index (χ0n) is 20.5. The van der Waals surface area contributed by atoms with Gasteiger partial charge in [0, 0.05) is 56.1 Å². The van der Waals surface area contributed by atoms with Crippen LogP contribution in [0, 0.1) is 11.9 Å². The number of fused-ring (bicyclic) bond motifs is 1. The van der Waals surface area contributed by atoms with Gasteiger partial charge in [-0.25, -0.2) is 4.98 Å². The Hall–Kier alpha value is -2.69. The maximum absolute atomic E-state index is 13.7. The number of carbonyl (C=O) groups is 1. The van der Waals surface area contributed by atoms with Crippen molar-refractivity contribution in [1.29, 1.82) is 0 Å². The summed E-state index contributed by atoms with van der Waals surface area (Å²) in [6, 6.07) is 3.47. The van der Waals surface area contributed by atoms with Crippen molar-refractivity contribution in [1.82, 2.24) is 25.0 Å². The third-order valence-electron chi connectivity index (χ3n) is 7.06. The summed E-state index contributed by atoms with van der Waals surface area (Å²) in [6.45, 7) is 1.35. The van der Waals surface area contributed by atoms with Gasteiger partial charge in [0.05, 0.1) is 6.42 Å². The number of aromatic nitrogens is 3. The van der Waals surface area contributed by atoms with Gasteiger partial charge in [0.15, 0.2) is 6.61 Å². The molecule has 0 aromatic carbocycles. The van der Waals surface area contributed by atoms with Crippen LogP contribution in [0.2, 0.25) is 0 Å². The van der Waals surface area contributed by atoms with Crippen LogP contribution in [0.25, 0.3) is 0 Å².